The molecule has 1 aromatic carbocycles. The predicted octanol–water partition coefficient (Wildman–Crippen LogP) is 3.55. The van der Waals surface area contributed by atoms with Gasteiger partial charge < -0.3 is 20.3 Å². The van der Waals surface area contributed by atoms with Crippen molar-refractivity contribution in [1.29, 1.82) is 0 Å². The lowest BCUT2D eigenvalue weighted by Gasteiger charge is -2.35. The van der Waals surface area contributed by atoms with E-state index in [1.807, 2.05) is 12.1 Å². The molecule has 1 aromatic rings. The van der Waals surface area contributed by atoms with E-state index in [9.17, 15) is 13.2 Å². The molecule has 1 fully saturated rings. The van der Waals surface area contributed by atoms with Crippen LogP contribution in [0.15, 0.2) is 29.3 Å². The van der Waals surface area contributed by atoms with Crippen molar-refractivity contribution in [2.75, 3.05) is 33.3 Å². The Labute approximate surface area is 171 Å². The van der Waals surface area contributed by atoms with Crippen molar-refractivity contribution in [3.05, 3.63) is 35.4 Å². The number of aliphatic imine (C=N–C) groups is 1. The van der Waals surface area contributed by atoms with E-state index in [2.05, 4.69) is 39.1 Å². The second-order valence-corrected chi connectivity index (χ2v) is 7.83. The summed E-state index contributed by atoms with van der Waals surface area (Å²) < 4.78 is 41.0. The Kier molecular flexibility index (Phi) is 9.23. The largest absolute Gasteiger partial charge is 0.411 e. The van der Waals surface area contributed by atoms with Crippen LogP contribution in [0.2, 0.25) is 0 Å². The highest BCUT2D eigenvalue weighted by molar-refractivity contribution is 5.79. The van der Waals surface area contributed by atoms with Crippen molar-refractivity contribution in [2.24, 2.45) is 10.9 Å². The van der Waals surface area contributed by atoms with E-state index < -0.39 is 12.8 Å². The minimum absolute atomic E-state index is 0.0504. The summed E-state index contributed by atoms with van der Waals surface area (Å²) in [5, 5.41) is 6.70. The monoisotopic (exact) mass is 414 g/mol. The molecule has 0 amide bonds. The maximum absolute atomic E-state index is 12.1. The zero-order chi connectivity index (χ0) is 21.3. The van der Waals surface area contributed by atoms with E-state index >= 15 is 0 Å². The number of hydrogen-bond acceptors (Lipinski definition) is 3. The van der Waals surface area contributed by atoms with Crippen molar-refractivity contribution in [3.8, 4) is 0 Å². The molecule has 1 heterocycles. The van der Waals surface area contributed by atoms with Crippen LogP contribution in [0.5, 0.6) is 0 Å². The molecule has 29 heavy (non-hydrogen) atoms. The zero-order valence-electron chi connectivity index (χ0n) is 17.6. The number of nitrogens with zero attached hydrogens (tertiary/aromatic N) is 2. The average Bonchev–Trinajstić information content (AvgIpc) is 2.68. The molecule has 0 aliphatic carbocycles. The number of nitrogens with one attached hydrogen (secondary N) is 2. The lowest BCUT2D eigenvalue weighted by Crippen LogP contribution is -2.45. The SMILES string of the molecule is CN=C(NCc1ccc(COCC(F)(F)F)cc1)NCC1CCCN(C(C)C)C1. The lowest BCUT2D eigenvalue weighted by atomic mass is 9.97. The number of guanidine groups is 1. The summed E-state index contributed by atoms with van der Waals surface area (Å²) >= 11 is 0. The molecule has 1 aliphatic heterocycles. The topological polar surface area (TPSA) is 48.9 Å². The third kappa shape index (κ3) is 9.04. The van der Waals surface area contributed by atoms with Gasteiger partial charge in [0.1, 0.15) is 6.61 Å². The molecule has 164 valence electrons. The van der Waals surface area contributed by atoms with Crippen LogP contribution < -0.4 is 10.6 Å². The highest BCUT2D eigenvalue weighted by atomic mass is 19.4. The Hall–Kier alpha value is -1.80. The van der Waals surface area contributed by atoms with Gasteiger partial charge >= 0.3 is 6.18 Å². The fraction of sp³-hybridized carbons (Fsp3) is 0.667. The molecule has 0 saturated carbocycles. The Bertz CT molecular complexity index is 632. The van der Waals surface area contributed by atoms with Gasteiger partial charge in [-0.3, -0.25) is 4.99 Å². The number of piperidine rings is 1. The summed E-state index contributed by atoms with van der Waals surface area (Å²) in [5.74, 6) is 1.37. The summed E-state index contributed by atoms with van der Waals surface area (Å²) in [6.45, 7) is 6.97. The standard InChI is InChI=1S/C21H33F3N4O/c1-16(2)28-10-4-5-19(13-28)12-27-20(25-3)26-11-17-6-8-18(9-7-17)14-29-15-21(22,23)24/h6-9,16,19H,4-5,10-15H2,1-3H3,(H2,25,26,27). The molecule has 1 aliphatic rings. The molecule has 0 bridgehead atoms. The fourth-order valence-electron chi connectivity index (χ4n) is 3.42. The normalized spacial score (nSPS) is 18.9. The lowest BCUT2D eigenvalue weighted by molar-refractivity contribution is -0.176. The summed E-state index contributed by atoms with van der Waals surface area (Å²) in [6.07, 6.45) is -1.84. The number of rotatable bonds is 8. The van der Waals surface area contributed by atoms with E-state index in [0.29, 0.717) is 24.1 Å². The number of benzene rings is 1. The van der Waals surface area contributed by atoms with E-state index in [1.54, 1.807) is 19.2 Å². The van der Waals surface area contributed by atoms with Gasteiger partial charge in [-0.15, -0.1) is 0 Å². The highest BCUT2D eigenvalue weighted by Crippen LogP contribution is 2.18. The first-order chi connectivity index (χ1) is 13.8. The summed E-state index contributed by atoms with van der Waals surface area (Å²) in [5.41, 5.74) is 1.74. The van der Waals surface area contributed by atoms with E-state index in [4.69, 9.17) is 0 Å². The Morgan fingerprint density at radius 1 is 1.21 bits per heavy atom. The van der Waals surface area contributed by atoms with Crippen molar-refractivity contribution < 1.29 is 17.9 Å². The van der Waals surface area contributed by atoms with Crippen LogP contribution in [0.25, 0.3) is 0 Å². The fourth-order valence-corrected chi connectivity index (χ4v) is 3.42. The number of ether oxygens (including phenoxy) is 1. The van der Waals surface area contributed by atoms with Crippen LogP contribution >= 0.6 is 0 Å². The minimum Gasteiger partial charge on any atom is -0.367 e. The van der Waals surface area contributed by atoms with Crippen LogP contribution in [0.3, 0.4) is 0 Å². The first-order valence-electron chi connectivity index (χ1n) is 10.2. The van der Waals surface area contributed by atoms with Crippen LogP contribution in [0.1, 0.15) is 37.8 Å². The number of hydrogen-bond donors (Lipinski definition) is 2. The third-order valence-electron chi connectivity index (χ3n) is 5.08. The van der Waals surface area contributed by atoms with Gasteiger partial charge in [-0.1, -0.05) is 24.3 Å². The Balaban J connectivity index is 1.72. The maximum Gasteiger partial charge on any atom is 0.411 e. The van der Waals surface area contributed by atoms with Gasteiger partial charge in [0.05, 0.1) is 6.61 Å². The molecule has 2 N–H and O–H groups in total. The van der Waals surface area contributed by atoms with Crippen LogP contribution in [0, 0.1) is 5.92 Å². The van der Waals surface area contributed by atoms with Crippen LogP contribution in [-0.4, -0.2) is 56.4 Å². The first-order valence-corrected chi connectivity index (χ1v) is 10.2. The molecule has 1 atom stereocenters. The molecule has 8 heteroatoms. The molecule has 0 radical (unpaired) electrons. The average molecular weight is 415 g/mol. The highest BCUT2D eigenvalue weighted by Gasteiger charge is 2.27. The van der Waals surface area contributed by atoms with Gasteiger partial charge in [0, 0.05) is 32.7 Å². The first kappa shape index (κ1) is 23.5. The van der Waals surface area contributed by atoms with Gasteiger partial charge in [-0.2, -0.15) is 13.2 Å². The quantitative estimate of drug-likeness (QED) is 0.505. The molecule has 2 rings (SSSR count). The molecule has 1 saturated heterocycles. The van der Waals surface area contributed by atoms with Crippen molar-refractivity contribution in [1.82, 2.24) is 15.5 Å². The Morgan fingerprint density at radius 3 is 2.52 bits per heavy atom. The molecule has 0 aromatic heterocycles. The number of alkyl halides is 3. The Morgan fingerprint density at radius 2 is 1.90 bits per heavy atom. The van der Waals surface area contributed by atoms with Crippen molar-refractivity contribution >= 4 is 5.96 Å². The zero-order valence-corrected chi connectivity index (χ0v) is 17.6. The summed E-state index contributed by atoms with van der Waals surface area (Å²) in [6, 6.07) is 7.91. The van der Waals surface area contributed by atoms with E-state index in [-0.39, 0.29) is 6.61 Å². The van der Waals surface area contributed by atoms with E-state index in [1.165, 1.54) is 19.4 Å². The summed E-state index contributed by atoms with van der Waals surface area (Å²) in [4.78, 5) is 6.80. The molecular formula is C21H33F3N4O. The van der Waals surface area contributed by atoms with Crippen LogP contribution in [0.4, 0.5) is 13.2 Å². The van der Waals surface area contributed by atoms with E-state index in [0.717, 1.165) is 24.6 Å². The number of likely N-dealkylation sites (tertiary alicyclic amines) is 1. The second-order valence-electron chi connectivity index (χ2n) is 7.83. The molecule has 0 spiro atoms. The van der Waals surface area contributed by atoms with Crippen molar-refractivity contribution in [2.45, 2.75) is 52.1 Å². The minimum atomic E-state index is -4.29. The van der Waals surface area contributed by atoms with Gasteiger partial charge in [-0.25, -0.2) is 0 Å². The second kappa shape index (κ2) is 11.4. The van der Waals surface area contributed by atoms with Gasteiger partial charge in [0.2, 0.25) is 0 Å². The summed E-state index contributed by atoms with van der Waals surface area (Å²) in [7, 11) is 1.75. The van der Waals surface area contributed by atoms with Gasteiger partial charge in [-0.05, 0) is 50.3 Å². The predicted molar refractivity (Wildman–Crippen MR) is 110 cm³/mol. The van der Waals surface area contributed by atoms with Gasteiger partial charge in [0.15, 0.2) is 5.96 Å². The van der Waals surface area contributed by atoms with Crippen molar-refractivity contribution in [3.63, 3.8) is 0 Å². The smallest absolute Gasteiger partial charge is 0.367 e. The molecule has 1 unspecified atom stereocenters. The molecular weight excluding hydrogens is 381 g/mol. The maximum atomic E-state index is 12.1. The number of halogens is 3. The molecule has 5 nitrogen and oxygen atoms in total. The van der Waals surface area contributed by atoms with Crippen LogP contribution in [-0.2, 0) is 17.9 Å². The van der Waals surface area contributed by atoms with Gasteiger partial charge in [0.25, 0.3) is 0 Å². The third-order valence-corrected chi connectivity index (χ3v) is 5.08.